The van der Waals surface area contributed by atoms with Crippen LogP contribution in [0.25, 0.3) is 0 Å². The summed E-state index contributed by atoms with van der Waals surface area (Å²) in [6, 6.07) is 13.5. The molecule has 0 aliphatic heterocycles. The Balaban J connectivity index is 2.19. The normalized spacial score (nSPS) is 11.7. The Morgan fingerprint density at radius 1 is 1.21 bits per heavy atom. The maximum absolute atomic E-state index is 13.3. The van der Waals surface area contributed by atoms with Crippen LogP contribution in [0, 0.1) is 17.1 Å². The van der Waals surface area contributed by atoms with Gasteiger partial charge in [0.05, 0.1) is 11.6 Å². The van der Waals surface area contributed by atoms with E-state index in [0.29, 0.717) is 16.3 Å². The van der Waals surface area contributed by atoms with Crippen molar-refractivity contribution in [2.45, 2.75) is 13.0 Å². The van der Waals surface area contributed by atoms with Gasteiger partial charge in [-0.05, 0) is 42.8 Å². The van der Waals surface area contributed by atoms with Crippen LogP contribution in [0.4, 0.5) is 10.1 Å². The Morgan fingerprint density at radius 2 is 1.89 bits per heavy atom. The third-order valence-corrected chi connectivity index (χ3v) is 3.03. The van der Waals surface area contributed by atoms with E-state index in [1.165, 1.54) is 12.1 Å². The highest BCUT2D eigenvalue weighted by Crippen LogP contribution is 2.22. The quantitative estimate of drug-likeness (QED) is 0.893. The van der Waals surface area contributed by atoms with Crippen molar-refractivity contribution >= 4 is 17.3 Å². The smallest absolute Gasteiger partial charge is 0.126 e. The van der Waals surface area contributed by atoms with E-state index in [0.717, 1.165) is 5.56 Å². The van der Waals surface area contributed by atoms with E-state index < -0.39 is 5.82 Å². The average Bonchev–Trinajstić information content (AvgIpc) is 2.38. The molecular formula is C15H12ClFN2. The number of hydrogen-bond acceptors (Lipinski definition) is 2. The molecule has 1 unspecified atom stereocenters. The topological polar surface area (TPSA) is 35.8 Å². The maximum atomic E-state index is 13.3. The molecule has 0 saturated heterocycles. The lowest BCUT2D eigenvalue weighted by Crippen LogP contribution is -2.06. The summed E-state index contributed by atoms with van der Waals surface area (Å²) in [4.78, 5) is 0. The molecule has 0 aliphatic carbocycles. The minimum Gasteiger partial charge on any atom is -0.378 e. The standard InChI is InChI=1S/C15H12ClFN2/c1-10(12-2-4-13(16)5-3-12)19-15-7-11(9-18)6-14(17)8-15/h2-8,10,19H,1H3. The predicted octanol–water partition coefficient (Wildman–Crippen LogP) is 4.52. The molecule has 0 radical (unpaired) electrons. The molecule has 96 valence electrons. The molecule has 0 fully saturated rings. The zero-order valence-corrected chi connectivity index (χ0v) is 11.1. The number of halogens is 2. The minimum absolute atomic E-state index is 0.00869. The summed E-state index contributed by atoms with van der Waals surface area (Å²) >= 11 is 5.83. The number of nitrogens with zero attached hydrogens (tertiary/aromatic N) is 1. The Labute approximate surface area is 116 Å². The van der Waals surface area contributed by atoms with E-state index in [1.807, 2.05) is 25.1 Å². The van der Waals surface area contributed by atoms with Gasteiger partial charge in [0.25, 0.3) is 0 Å². The highest BCUT2D eigenvalue weighted by molar-refractivity contribution is 6.30. The lowest BCUT2D eigenvalue weighted by atomic mass is 10.1. The number of rotatable bonds is 3. The molecule has 4 heteroatoms. The van der Waals surface area contributed by atoms with Crippen LogP contribution in [0.3, 0.4) is 0 Å². The lowest BCUT2D eigenvalue weighted by molar-refractivity contribution is 0.627. The predicted molar refractivity (Wildman–Crippen MR) is 74.6 cm³/mol. The van der Waals surface area contributed by atoms with Crippen LogP contribution in [-0.2, 0) is 0 Å². The van der Waals surface area contributed by atoms with Gasteiger partial charge in [-0.2, -0.15) is 5.26 Å². The first kappa shape index (κ1) is 13.4. The van der Waals surface area contributed by atoms with Gasteiger partial charge in [0.2, 0.25) is 0 Å². The van der Waals surface area contributed by atoms with Gasteiger partial charge in [-0.15, -0.1) is 0 Å². The van der Waals surface area contributed by atoms with Crippen molar-refractivity contribution in [2.75, 3.05) is 5.32 Å². The molecule has 19 heavy (non-hydrogen) atoms. The highest BCUT2D eigenvalue weighted by Gasteiger charge is 2.07. The molecule has 1 atom stereocenters. The molecule has 1 N–H and O–H groups in total. The summed E-state index contributed by atoms with van der Waals surface area (Å²) in [5.41, 5.74) is 1.91. The number of benzene rings is 2. The molecule has 0 heterocycles. The van der Waals surface area contributed by atoms with Crippen molar-refractivity contribution in [1.29, 1.82) is 5.26 Å². The SMILES string of the molecule is CC(Nc1cc(F)cc(C#N)c1)c1ccc(Cl)cc1. The van der Waals surface area contributed by atoms with Gasteiger partial charge in [-0.3, -0.25) is 0 Å². The first-order valence-electron chi connectivity index (χ1n) is 5.81. The van der Waals surface area contributed by atoms with Crippen molar-refractivity contribution < 1.29 is 4.39 Å². The third kappa shape index (κ3) is 3.46. The molecule has 0 aliphatic rings. The first-order chi connectivity index (χ1) is 9.08. The highest BCUT2D eigenvalue weighted by atomic mass is 35.5. The van der Waals surface area contributed by atoms with Gasteiger partial charge in [0, 0.05) is 16.8 Å². The van der Waals surface area contributed by atoms with Crippen LogP contribution < -0.4 is 5.32 Å². The maximum Gasteiger partial charge on any atom is 0.126 e. The Bertz CT molecular complexity index is 617. The molecule has 0 saturated carbocycles. The van der Waals surface area contributed by atoms with E-state index in [4.69, 9.17) is 16.9 Å². The molecule has 0 amide bonds. The van der Waals surface area contributed by atoms with Crippen LogP contribution in [0.5, 0.6) is 0 Å². The average molecular weight is 275 g/mol. The van der Waals surface area contributed by atoms with Gasteiger partial charge in [-0.1, -0.05) is 23.7 Å². The Morgan fingerprint density at radius 3 is 2.53 bits per heavy atom. The third-order valence-electron chi connectivity index (χ3n) is 2.78. The summed E-state index contributed by atoms with van der Waals surface area (Å²) in [5, 5.41) is 12.6. The second-order valence-corrected chi connectivity index (χ2v) is 4.69. The van der Waals surface area contributed by atoms with E-state index in [9.17, 15) is 4.39 Å². The van der Waals surface area contributed by atoms with Gasteiger partial charge >= 0.3 is 0 Å². The van der Waals surface area contributed by atoms with Crippen LogP contribution in [-0.4, -0.2) is 0 Å². The number of hydrogen-bond donors (Lipinski definition) is 1. The van der Waals surface area contributed by atoms with E-state index >= 15 is 0 Å². The zero-order valence-electron chi connectivity index (χ0n) is 10.3. The van der Waals surface area contributed by atoms with E-state index in [-0.39, 0.29) is 6.04 Å². The van der Waals surface area contributed by atoms with Crippen molar-refractivity contribution in [3.8, 4) is 6.07 Å². The van der Waals surface area contributed by atoms with Crippen molar-refractivity contribution in [2.24, 2.45) is 0 Å². The summed E-state index contributed by atoms with van der Waals surface area (Å²) in [5.74, 6) is -0.426. The van der Waals surface area contributed by atoms with Crippen LogP contribution in [0.2, 0.25) is 5.02 Å². The molecule has 2 aromatic rings. The van der Waals surface area contributed by atoms with Gasteiger partial charge in [0.1, 0.15) is 5.82 Å². The fraction of sp³-hybridized carbons (Fsp3) is 0.133. The molecule has 0 spiro atoms. The van der Waals surface area contributed by atoms with E-state index in [1.54, 1.807) is 18.2 Å². The summed E-state index contributed by atoms with van der Waals surface area (Å²) in [6.07, 6.45) is 0. The summed E-state index contributed by atoms with van der Waals surface area (Å²) in [7, 11) is 0. The van der Waals surface area contributed by atoms with Crippen LogP contribution in [0.1, 0.15) is 24.1 Å². The molecule has 2 nitrogen and oxygen atoms in total. The molecule has 0 bridgehead atoms. The summed E-state index contributed by atoms with van der Waals surface area (Å²) in [6.45, 7) is 1.96. The monoisotopic (exact) mass is 274 g/mol. The number of nitriles is 1. The lowest BCUT2D eigenvalue weighted by Gasteiger charge is -2.16. The zero-order chi connectivity index (χ0) is 13.8. The van der Waals surface area contributed by atoms with Gasteiger partial charge in [0.15, 0.2) is 0 Å². The Kier molecular flexibility index (Phi) is 4.03. The second kappa shape index (κ2) is 5.73. The molecular weight excluding hydrogens is 263 g/mol. The molecule has 2 rings (SSSR count). The van der Waals surface area contributed by atoms with Crippen molar-refractivity contribution in [3.05, 3.63) is 64.4 Å². The minimum atomic E-state index is -0.426. The van der Waals surface area contributed by atoms with Crippen LogP contribution in [0.15, 0.2) is 42.5 Å². The first-order valence-corrected chi connectivity index (χ1v) is 6.19. The fourth-order valence-electron chi connectivity index (χ4n) is 1.82. The van der Waals surface area contributed by atoms with Crippen molar-refractivity contribution in [3.63, 3.8) is 0 Å². The molecule has 0 aromatic heterocycles. The van der Waals surface area contributed by atoms with E-state index in [2.05, 4.69) is 5.32 Å². The second-order valence-electron chi connectivity index (χ2n) is 4.26. The Hall–Kier alpha value is -2.05. The summed E-state index contributed by atoms with van der Waals surface area (Å²) < 4.78 is 13.3. The molecule has 2 aromatic carbocycles. The van der Waals surface area contributed by atoms with Gasteiger partial charge in [-0.25, -0.2) is 4.39 Å². The largest absolute Gasteiger partial charge is 0.378 e. The van der Waals surface area contributed by atoms with Gasteiger partial charge < -0.3 is 5.32 Å². The number of anilines is 1. The van der Waals surface area contributed by atoms with Crippen molar-refractivity contribution in [1.82, 2.24) is 0 Å². The van der Waals surface area contributed by atoms with Crippen LogP contribution >= 0.6 is 11.6 Å². The fourth-order valence-corrected chi connectivity index (χ4v) is 1.95. The number of nitrogens with one attached hydrogen (secondary N) is 1.